The van der Waals surface area contributed by atoms with Crippen LogP contribution in [0.2, 0.25) is 0 Å². The van der Waals surface area contributed by atoms with Crippen molar-refractivity contribution in [1.29, 1.82) is 0 Å². The van der Waals surface area contributed by atoms with Crippen molar-refractivity contribution < 1.29 is 26.7 Å². The number of nitrogens with one attached hydrogen (secondary N) is 1. The van der Waals surface area contributed by atoms with Crippen LogP contribution < -0.4 is 11.1 Å². The fourth-order valence-electron chi connectivity index (χ4n) is 1.49. The van der Waals surface area contributed by atoms with Gasteiger partial charge in [0.15, 0.2) is 0 Å². The molecule has 1 aromatic rings. The monoisotopic (exact) mass is 282 g/mol. The Bertz CT molecular complexity index is 488. The van der Waals surface area contributed by atoms with Gasteiger partial charge in [-0.2, -0.15) is 13.2 Å². The van der Waals surface area contributed by atoms with E-state index in [4.69, 9.17) is 5.73 Å². The van der Waals surface area contributed by atoms with E-state index in [-0.39, 0.29) is 0 Å². The van der Waals surface area contributed by atoms with E-state index in [1.807, 2.05) is 5.32 Å². The van der Waals surface area contributed by atoms with Gasteiger partial charge in [-0.1, -0.05) is 6.07 Å². The van der Waals surface area contributed by atoms with E-state index in [1.165, 1.54) is 0 Å². The zero-order chi connectivity index (χ0) is 14.8. The number of hydrogen-bond acceptors (Lipinski definition) is 2. The molecule has 0 radical (unpaired) electrons. The van der Waals surface area contributed by atoms with Crippen LogP contribution in [0, 0.1) is 11.6 Å². The second-order valence-corrected chi connectivity index (χ2v) is 4.08. The number of carbonyl (C=O) groups excluding carboxylic acids is 1. The molecule has 0 bridgehead atoms. The molecule has 0 spiro atoms. The van der Waals surface area contributed by atoms with Crippen molar-refractivity contribution in [1.82, 2.24) is 5.32 Å². The minimum Gasteiger partial charge on any atom is -0.368 e. The Kier molecular flexibility index (Phi) is 4.14. The number of halogens is 5. The molecule has 0 aliphatic rings. The summed E-state index contributed by atoms with van der Waals surface area (Å²) in [6.07, 6.45) is -4.60. The first-order chi connectivity index (χ1) is 8.56. The van der Waals surface area contributed by atoms with Crippen molar-refractivity contribution in [2.75, 3.05) is 6.54 Å². The zero-order valence-corrected chi connectivity index (χ0v) is 9.81. The van der Waals surface area contributed by atoms with Crippen molar-refractivity contribution in [3.05, 3.63) is 35.4 Å². The van der Waals surface area contributed by atoms with Crippen LogP contribution in [0.3, 0.4) is 0 Å². The Morgan fingerprint density at radius 1 is 1.32 bits per heavy atom. The van der Waals surface area contributed by atoms with E-state index < -0.39 is 41.4 Å². The Hall–Kier alpha value is -1.70. The van der Waals surface area contributed by atoms with Gasteiger partial charge in [-0.05, 0) is 13.0 Å². The summed E-state index contributed by atoms with van der Waals surface area (Å²) in [4.78, 5) is 11.3. The highest BCUT2D eigenvalue weighted by Crippen LogP contribution is 2.25. The maximum atomic E-state index is 13.6. The number of carbonyl (C=O) groups is 1. The van der Waals surface area contributed by atoms with Gasteiger partial charge in [0, 0.05) is 11.6 Å². The average Bonchev–Trinajstić information content (AvgIpc) is 2.24. The van der Waals surface area contributed by atoms with Crippen LogP contribution in [-0.4, -0.2) is 18.6 Å². The second kappa shape index (κ2) is 5.12. The number of amides is 1. The summed E-state index contributed by atoms with van der Waals surface area (Å²) in [6.45, 7) is -0.541. The third kappa shape index (κ3) is 3.63. The molecule has 3 nitrogen and oxygen atoms in total. The lowest BCUT2D eigenvalue weighted by Crippen LogP contribution is -2.53. The van der Waals surface area contributed by atoms with E-state index in [9.17, 15) is 26.7 Å². The predicted molar refractivity (Wildman–Crippen MR) is 57.0 cm³/mol. The Morgan fingerprint density at radius 2 is 1.89 bits per heavy atom. The molecule has 0 fully saturated rings. The van der Waals surface area contributed by atoms with E-state index in [2.05, 4.69) is 0 Å². The average molecular weight is 282 g/mol. The molecule has 0 aliphatic heterocycles. The summed E-state index contributed by atoms with van der Waals surface area (Å²) in [7, 11) is 0. The van der Waals surface area contributed by atoms with Crippen LogP contribution in [0.15, 0.2) is 18.2 Å². The highest BCUT2D eigenvalue weighted by molar-refractivity contribution is 5.85. The molecule has 0 aromatic heterocycles. The van der Waals surface area contributed by atoms with E-state index in [1.54, 1.807) is 0 Å². The smallest absolute Gasteiger partial charge is 0.368 e. The summed E-state index contributed by atoms with van der Waals surface area (Å²) in [5.74, 6) is -3.28. The van der Waals surface area contributed by atoms with Gasteiger partial charge in [-0.3, -0.25) is 10.1 Å². The van der Waals surface area contributed by atoms with Crippen LogP contribution in [0.4, 0.5) is 22.0 Å². The number of benzene rings is 1. The molecule has 1 aromatic carbocycles. The molecular formula is C11H11F5N2O. The van der Waals surface area contributed by atoms with Crippen LogP contribution >= 0.6 is 0 Å². The van der Waals surface area contributed by atoms with E-state index in [0.717, 1.165) is 19.1 Å². The summed E-state index contributed by atoms with van der Waals surface area (Å²) in [6, 6.07) is 2.17. The topological polar surface area (TPSA) is 55.1 Å². The highest BCUT2D eigenvalue weighted by atomic mass is 19.4. The van der Waals surface area contributed by atoms with E-state index >= 15 is 0 Å². The molecule has 1 amide bonds. The van der Waals surface area contributed by atoms with Crippen molar-refractivity contribution in [3.63, 3.8) is 0 Å². The number of alkyl halides is 3. The van der Waals surface area contributed by atoms with Crippen LogP contribution in [0.1, 0.15) is 12.5 Å². The minimum atomic E-state index is -4.60. The van der Waals surface area contributed by atoms with Crippen LogP contribution in [0.5, 0.6) is 0 Å². The molecule has 8 heteroatoms. The number of nitrogens with two attached hydrogens (primary N) is 1. The molecule has 19 heavy (non-hydrogen) atoms. The van der Waals surface area contributed by atoms with Crippen LogP contribution in [0.25, 0.3) is 0 Å². The Labute approximate surface area is 105 Å². The third-order valence-electron chi connectivity index (χ3n) is 2.60. The summed E-state index contributed by atoms with van der Waals surface area (Å²) < 4.78 is 62.8. The SMILES string of the molecule is CC(NCC(F)(F)F)(C(N)=O)c1ccc(F)cc1F. The standard InChI is InChI=1S/C11H11F5N2O/c1-10(9(17)19,18-5-11(14,15)16)7-3-2-6(12)4-8(7)13/h2-4,18H,5H2,1H3,(H2,17,19). The summed E-state index contributed by atoms with van der Waals surface area (Å²) in [5, 5.41) is 1.85. The molecule has 0 heterocycles. The number of primary amides is 1. The Morgan fingerprint density at radius 3 is 2.32 bits per heavy atom. The third-order valence-corrected chi connectivity index (χ3v) is 2.60. The van der Waals surface area contributed by atoms with Gasteiger partial charge in [0.05, 0.1) is 6.54 Å². The van der Waals surface area contributed by atoms with Gasteiger partial charge in [0.1, 0.15) is 17.2 Å². The van der Waals surface area contributed by atoms with Gasteiger partial charge in [0.2, 0.25) is 5.91 Å². The van der Waals surface area contributed by atoms with Gasteiger partial charge in [-0.15, -0.1) is 0 Å². The second-order valence-electron chi connectivity index (χ2n) is 4.08. The maximum absolute atomic E-state index is 13.6. The lowest BCUT2D eigenvalue weighted by atomic mass is 9.90. The van der Waals surface area contributed by atoms with Gasteiger partial charge in [-0.25, -0.2) is 8.78 Å². The molecule has 0 aliphatic carbocycles. The minimum absolute atomic E-state index is 0.453. The van der Waals surface area contributed by atoms with Gasteiger partial charge < -0.3 is 5.73 Å². The first-order valence-electron chi connectivity index (χ1n) is 5.13. The van der Waals surface area contributed by atoms with Gasteiger partial charge in [0.25, 0.3) is 0 Å². The summed E-state index contributed by atoms with van der Waals surface area (Å²) >= 11 is 0. The quantitative estimate of drug-likeness (QED) is 0.828. The number of hydrogen-bond donors (Lipinski definition) is 2. The lowest BCUT2D eigenvalue weighted by Gasteiger charge is -2.29. The highest BCUT2D eigenvalue weighted by Gasteiger charge is 2.39. The number of rotatable bonds is 4. The molecule has 0 saturated carbocycles. The van der Waals surface area contributed by atoms with Gasteiger partial charge >= 0.3 is 6.18 Å². The van der Waals surface area contributed by atoms with Crippen molar-refractivity contribution >= 4 is 5.91 Å². The first kappa shape index (κ1) is 15.4. The normalized spacial score (nSPS) is 15.1. The predicted octanol–water partition coefficient (Wildman–Crippen LogP) is 1.82. The first-order valence-corrected chi connectivity index (χ1v) is 5.13. The fourth-order valence-corrected chi connectivity index (χ4v) is 1.49. The van der Waals surface area contributed by atoms with E-state index in [0.29, 0.717) is 6.07 Å². The molecule has 1 rings (SSSR count). The Balaban J connectivity index is 3.15. The lowest BCUT2D eigenvalue weighted by molar-refractivity contribution is -0.136. The van der Waals surface area contributed by atoms with Crippen LogP contribution in [-0.2, 0) is 10.3 Å². The molecular weight excluding hydrogens is 271 g/mol. The summed E-state index contributed by atoms with van der Waals surface area (Å²) in [5.41, 5.74) is 2.47. The van der Waals surface area contributed by atoms with Crippen molar-refractivity contribution in [3.8, 4) is 0 Å². The molecule has 1 atom stereocenters. The maximum Gasteiger partial charge on any atom is 0.401 e. The molecule has 106 valence electrons. The van der Waals surface area contributed by atoms with Crippen molar-refractivity contribution in [2.24, 2.45) is 5.73 Å². The fraction of sp³-hybridized carbons (Fsp3) is 0.364. The zero-order valence-electron chi connectivity index (χ0n) is 9.81. The largest absolute Gasteiger partial charge is 0.401 e. The van der Waals surface area contributed by atoms with Crippen molar-refractivity contribution in [2.45, 2.75) is 18.6 Å². The molecule has 3 N–H and O–H groups in total. The molecule has 0 saturated heterocycles. The molecule has 1 unspecified atom stereocenters.